The lowest BCUT2D eigenvalue weighted by Crippen LogP contribution is -2.00. The molecule has 0 amide bonds. The highest BCUT2D eigenvalue weighted by Gasteiger charge is 2.11. The number of ether oxygens (including phenoxy) is 1. The van der Waals surface area contributed by atoms with E-state index in [9.17, 15) is 4.79 Å². The van der Waals surface area contributed by atoms with Crippen LogP contribution in [0.4, 0.5) is 0 Å². The number of aromatic nitrogens is 1. The Kier molecular flexibility index (Phi) is 5.67. The van der Waals surface area contributed by atoms with E-state index < -0.39 is 5.97 Å². The number of benzene rings is 3. The average molecular weight is 450 g/mol. The number of H-pyrrole nitrogens is 1. The number of fused-ring (bicyclic) bond motifs is 1. The highest BCUT2D eigenvalue weighted by atomic mass is 79.9. The van der Waals surface area contributed by atoms with Crippen molar-refractivity contribution in [2.75, 3.05) is 0 Å². The highest BCUT2D eigenvalue weighted by molar-refractivity contribution is 9.10. The van der Waals surface area contributed by atoms with Gasteiger partial charge in [-0.05, 0) is 59.3 Å². The van der Waals surface area contributed by atoms with E-state index in [0.29, 0.717) is 13.0 Å². The van der Waals surface area contributed by atoms with Crippen molar-refractivity contribution in [2.24, 2.45) is 0 Å². The van der Waals surface area contributed by atoms with Gasteiger partial charge in [0.2, 0.25) is 0 Å². The zero-order valence-corrected chi connectivity index (χ0v) is 17.3. The van der Waals surface area contributed by atoms with E-state index in [4.69, 9.17) is 9.84 Å². The molecule has 0 aliphatic heterocycles. The third-order valence-corrected chi connectivity index (χ3v) is 5.65. The lowest BCUT2D eigenvalue weighted by Gasteiger charge is -2.14. The number of aryl methyl sites for hydroxylation is 1. The molecule has 0 unspecified atom stereocenters. The van der Waals surface area contributed by atoms with Crippen LogP contribution in [-0.4, -0.2) is 16.1 Å². The molecular formula is C24H20BrNO3. The number of carbonyl (C=O) groups is 1. The van der Waals surface area contributed by atoms with Crippen LogP contribution in [0.25, 0.3) is 22.0 Å². The van der Waals surface area contributed by atoms with E-state index in [0.717, 1.165) is 43.4 Å². The van der Waals surface area contributed by atoms with Gasteiger partial charge in [0.1, 0.15) is 12.4 Å². The van der Waals surface area contributed by atoms with E-state index in [1.165, 1.54) is 0 Å². The van der Waals surface area contributed by atoms with E-state index in [1.807, 2.05) is 60.8 Å². The SMILES string of the molecule is O=C(O)CCc1ccc(OCc2ccccc2Br)c(-c2ccc3[nH]ccc3c2)c1. The Morgan fingerprint density at radius 1 is 1.03 bits per heavy atom. The van der Waals surface area contributed by atoms with Gasteiger partial charge in [0.05, 0.1) is 0 Å². The second-order valence-corrected chi connectivity index (χ2v) is 7.74. The molecule has 29 heavy (non-hydrogen) atoms. The number of hydrogen-bond acceptors (Lipinski definition) is 2. The van der Waals surface area contributed by atoms with Crippen LogP contribution in [0.5, 0.6) is 5.75 Å². The zero-order chi connectivity index (χ0) is 20.2. The van der Waals surface area contributed by atoms with Crippen LogP contribution in [-0.2, 0) is 17.8 Å². The summed E-state index contributed by atoms with van der Waals surface area (Å²) >= 11 is 3.56. The molecule has 3 aromatic carbocycles. The molecule has 1 heterocycles. The molecule has 2 N–H and O–H groups in total. The molecule has 0 bridgehead atoms. The van der Waals surface area contributed by atoms with Gasteiger partial charge < -0.3 is 14.8 Å². The standard InChI is InChI=1S/C24H20BrNO3/c25-21-4-2-1-3-19(21)15-29-23-9-5-16(6-10-24(27)28)13-20(23)17-7-8-22-18(14-17)11-12-26-22/h1-5,7-9,11-14,26H,6,10,15H2,(H,27,28). The van der Waals surface area contributed by atoms with Crippen molar-refractivity contribution in [1.29, 1.82) is 0 Å². The molecule has 4 nitrogen and oxygen atoms in total. The third-order valence-electron chi connectivity index (χ3n) is 4.88. The van der Waals surface area contributed by atoms with Gasteiger partial charge >= 0.3 is 5.97 Å². The van der Waals surface area contributed by atoms with Crippen molar-refractivity contribution in [1.82, 2.24) is 4.98 Å². The largest absolute Gasteiger partial charge is 0.488 e. The van der Waals surface area contributed by atoms with Crippen LogP contribution in [0.15, 0.2) is 77.4 Å². The monoisotopic (exact) mass is 449 g/mol. The van der Waals surface area contributed by atoms with Gasteiger partial charge in [0.25, 0.3) is 0 Å². The van der Waals surface area contributed by atoms with Gasteiger partial charge in [-0.25, -0.2) is 0 Å². The molecule has 0 spiro atoms. The van der Waals surface area contributed by atoms with Gasteiger partial charge in [-0.3, -0.25) is 4.79 Å². The van der Waals surface area contributed by atoms with E-state index in [2.05, 4.69) is 33.0 Å². The molecule has 0 atom stereocenters. The predicted molar refractivity (Wildman–Crippen MR) is 118 cm³/mol. The number of hydrogen-bond donors (Lipinski definition) is 2. The molecule has 146 valence electrons. The predicted octanol–water partition coefficient (Wildman–Crippen LogP) is 6.19. The first-order valence-electron chi connectivity index (χ1n) is 9.38. The first-order valence-corrected chi connectivity index (χ1v) is 10.2. The molecule has 0 saturated carbocycles. The topological polar surface area (TPSA) is 62.3 Å². The lowest BCUT2D eigenvalue weighted by molar-refractivity contribution is -0.136. The minimum atomic E-state index is -0.797. The minimum absolute atomic E-state index is 0.105. The maximum atomic E-state index is 11.0. The Morgan fingerprint density at radius 3 is 2.72 bits per heavy atom. The Labute approximate surface area is 177 Å². The summed E-state index contributed by atoms with van der Waals surface area (Å²) in [5.41, 5.74) is 5.12. The molecule has 4 rings (SSSR count). The average Bonchev–Trinajstić information content (AvgIpc) is 3.20. The second kappa shape index (κ2) is 8.53. The Morgan fingerprint density at radius 2 is 1.90 bits per heavy atom. The minimum Gasteiger partial charge on any atom is -0.488 e. The summed E-state index contributed by atoms with van der Waals surface area (Å²) < 4.78 is 7.19. The van der Waals surface area contributed by atoms with E-state index >= 15 is 0 Å². The van der Waals surface area contributed by atoms with Crippen molar-refractivity contribution < 1.29 is 14.6 Å². The van der Waals surface area contributed by atoms with Gasteiger partial charge in [-0.15, -0.1) is 0 Å². The Hall–Kier alpha value is -3.05. The molecular weight excluding hydrogens is 430 g/mol. The van der Waals surface area contributed by atoms with Crippen LogP contribution < -0.4 is 4.74 Å². The smallest absolute Gasteiger partial charge is 0.303 e. The third kappa shape index (κ3) is 4.51. The van der Waals surface area contributed by atoms with Crippen molar-refractivity contribution in [3.8, 4) is 16.9 Å². The quantitative estimate of drug-likeness (QED) is 0.353. The van der Waals surface area contributed by atoms with Crippen molar-refractivity contribution in [3.05, 3.63) is 88.5 Å². The molecule has 5 heteroatoms. The summed E-state index contributed by atoms with van der Waals surface area (Å²) in [7, 11) is 0. The second-order valence-electron chi connectivity index (χ2n) is 6.88. The fraction of sp³-hybridized carbons (Fsp3) is 0.125. The number of carboxylic acids is 1. The normalized spacial score (nSPS) is 10.9. The number of nitrogens with one attached hydrogen (secondary N) is 1. The van der Waals surface area contributed by atoms with Crippen LogP contribution in [0, 0.1) is 0 Å². The van der Waals surface area contributed by atoms with Gasteiger partial charge in [0, 0.05) is 33.7 Å². The maximum Gasteiger partial charge on any atom is 0.303 e. The first-order chi connectivity index (χ1) is 14.1. The number of halogens is 1. The van der Waals surface area contributed by atoms with Crippen molar-refractivity contribution in [2.45, 2.75) is 19.4 Å². The van der Waals surface area contributed by atoms with E-state index in [1.54, 1.807) is 0 Å². The summed E-state index contributed by atoms with van der Waals surface area (Å²) in [4.78, 5) is 14.2. The molecule has 0 radical (unpaired) electrons. The molecule has 0 aliphatic rings. The summed E-state index contributed by atoms with van der Waals surface area (Å²) in [6, 6.07) is 22.1. The van der Waals surface area contributed by atoms with Crippen molar-refractivity contribution >= 4 is 32.8 Å². The highest BCUT2D eigenvalue weighted by Crippen LogP contribution is 2.34. The van der Waals surface area contributed by atoms with Crippen LogP contribution in [0.3, 0.4) is 0 Å². The molecule has 4 aromatic rings. The van der Waals surface area contributed by atoms with Crippen molar-refractivity contribution in [3.63, 3.8) is 0 Å². The fourth-order valence-corrected chi connectivity index (χ4v) is 3.73. The number of aromatic amines is 1. The van der Waals surface area contributed by atoms with E-state index in [-0.39, 0.29) is 6.42 Å². The summed E-state index contributed by atoms with van der Waals surface area (Å²) in [6.07, 6.45) is 2.51. The summed E-state index contributed by atoms with van der Waals surface area (Å²) in [6.45, 7) is 0.440. The van der Waals surface area contributed by atoms with Gasteiger partial charge in [-0.1, -0.05) is 46.3 Å². The summed E-state index contributed by atoms with van der Waals surface area (Å²) in [5.74, 6) is -0.0238. The Bertz CT molecular complexity index is 1170. The Balaban J connectivity index is 1.69. The van der Waals surface area contributed by atoms with Crippen LogP contribution >= 0.6 is 15.9 Å². The first kappa shape index (κ1) is 19.3. The number of aliphatic carboxylic acids is 1. The zero-order valence-electron chi connectivity index (χ0n) is 15.7. The molecule has 0 aliphatic carbocycles. The molecule has 0 fully saturated rings. The van der Waals surface area contributed by atoms with Crippen LogP contribution in [0.1, 0.15) is 17.5 Å². The molecule has 0 saturated heterocycles. The van der Waals surface area contributed by atoms with Crippen LogP contribution in [0.2, 0.25) is 0 Å². The molecule has 1 aromatic heterocycles. The summed E-state index contributed by atoms with van der Waals surface area (Å²) in [5, 5.41) is 10.1. The van der Waals surface area contributed by atoms with Gasteiger partial charge in [0.15, 0.2) is 0 Å². The number of rotatable bonds is 7. The lowest BCUT2D eigenvalue weighted by atomic mass is 9.99. The van der Waals surface area contributed by atoms with Gasteiger partial charge in [-0.2, -0.15) is 0 Å². The fourth-order valence-electron chi connectivity index (χ4n) is 3.33. The maximum absolute atomic E-state index is 11.0. The number of carboxylic acid groups (broad SMARTS) is 1.